The van der Waals surface area contributed by atoms with Crippen LogP contribution < -0.4 is 5.32 Å². The van der Waals surface area contributed by atoms with Gasteiger partial charge in [0, 0.05) is 6.07 Å². The number of aliphatic hydroxyl groups excluding tert-OH is 2. The zero-order valence-corrected chi connectivity index (χ0v) is 10.8. The number of amides is 1. The fourth-order valence-electron chi connectivity index (χ4n) is 1.66. The predicted molar refractivity (Wildman–Crippen MR) is 66.7 cm³/mol. The lowest BCUT2D eigenvalue weighted by atomic mass is 9.98. The summed E-state index contributed by atoms with van der Waals surface area (Å²) >= 11 is 0. The summed E-state index contributed by atoms with van der Waals surface area (Å²) in [4.78, 5) is 22.1. The highest BCUT2D eigenvalue weighted by Gasteiger charge is 2.31. The topological polar surface area (TPSA) is 118 Å². The van der Waals surface area contributed by atoms with Crippen molar-refractivity contribution in [2.24, 2.45) is 7.05 Å². The number of hydrogen-bond donors (Lipinski definition) is 3. The van der Waals surface area contributed by atoms with Gasteiger partial charge in [-0.2, -0.15) is 0 Å². The maximum atomic E-state index is 12.0. The molecular weight excluding hydrogens is 254 g/mol. The molecule has 0 bridgehead atoms. The summed E-state index contributed by atoms with van der Waals surface area (Å²) in [6, 6.07) is 2.54. The number of nitrogens with zero attached hydrogens (tertiary/aromatic N) is 2. The molecule has 0 saturated heterocycles. The SMILES string of the molecule is CCC(CO)(CO)NC(=O)c1ccc([N+](=O)[O-])n1C. The van der Waals surface area contributed by atoms with Crippen LogP contribution in [0.3, 0.4) is 0 Å². The van der Waals surface area contributed by atoms with Crippen LogP contribution in [0.15, 0.2) is 12.1 Å². The molecule has 8 heteroatoms. The molecule has 0 aliphatic rings. The standard InChI is InChI=1S/C11H17N3O5/c1-3-11(6-15,7-16)12-10(17)8-4-5-9(13(8)2)14(18)19/h4-5,15-16H,3,6-7H2,1-2H3,(H,12,17). The fourth-order valence-corrected chi connectivity index (χ4v) is 1.66. The minimum absolute atomic E-state index is 0.0893. The number of rotatable bonds is 6. The second kappa shape index (κ2) is 5.81. The van der Waals surface area contributed by atoms with Gasteiger partial charge in [0.05, 0.1) is 25.8 Å². The van der Waals surface area contributed by atoms with Crippen LogP contribution in [0.25, 0.3) is 0 Å². The van der Waals surface area contributed by atoms with Crippen LogP contribution in [-0.2, 0) is 7.05 Å². The average molecular weight is 271 g/mol. The second-order valence-corrected chi connectivity index (χ2v) is 4.30. The third-order valence-electron chi connectivity index (χ3n) is 3.18. The monoisotopic (exact) mass is 271 g/mol. The summed E-state index contributed by atoms with van der Waals surface area (Å²) in [6.45, 7) is 0.872. The van der Waals surface area contributed by atoms with E-state index in [2.05, 4.69) is 5.32 Å². The Bertz CT molecular complexity index is 470. The minimum atomic E-state index is -1.13. The van der Waals surface area contributed by atoms with E-state index in [1.807, 2.05) is 0 Å². The quantitative estimate of drug-likeness (QED) is 0.489. The largest absolute Gasteiger partial charge is 0.394 e. The van der Waals surface area contributed by atoms with E-state index in [4.69, 9.17) is 0 Å². The van der Waals surface area contributed by atoms with E-state index in [0.29, 0.717) is 6.42 Å². The predicted octanol–water partition coefficient (Wildman–Crippen LogP) is -0.204. The average Bonchev–Trinajstić information content (AvgIpc) is 2.78. The third-order valence-corrected chi connectivity index (χ3v) is 3.18. The Balaban J connectivity index is 2.99. The van der Waals surface area contributed by atoms with Gasteiger partial charge in [0.2, 0.25) is 0 Å². The van der Waals surface area contributed by atoms with E-state index in [1.54, 1.807) is 6.92 Å². The Kier molecular flexibility index (Phi) is 4.62. The van der Waals surface area contributed by atoms with Crippen molar-refractivity contribution in [2.75, 3.05) is 13.2 Å². The van der Waals surface area contributed by atoms with Crippen molar-refractivity contribution in [3.63, 3.8) is 0 Å². The van der Waals surface area contributed by atoms with Gasteiger partial charge in [-0.25, -0.2) is 4.57 Å². The van der Waals surface area contributed by atoms with Crippen molar-refractivity contribution in [3.8, 4) is 0 Å². The lowest BCUT2D eigenvalue weighted by Gasteiger charge is -2.29. The van der Waals surface area contributed by atoms with Gasteiger partial charge in [-0.15, -0.1) is 0 Å². The van der Waals surface area contributed by atoms with E-state index in [9.17, 15) is 25.1 Å². The Labute approximate surface area is 109 Å². The molecule has 0 aliphatic carbocycles. The summed E-state index contributed by atoms with van der Waals surface area (Å²) in [6.07, 6.45) is 0.332. The summed E-state index contributed by atoms with van der Waals surface area (Å²) in [7, 11) is 1.40. The van der Waals surface area contributed by atoms with Gasteiger partial charge >= 0.3 is 5.82 Å². The maximum absolute atomic E-state index is 12.0. The highest BCUT2D eigenvalue weighted by molar-refractivity contribution is 5.93. The molecule has 1 aromatic heterocycles. The number of nitrogens with one attached hydrogen (secondary N) is 1. The van der Waals surface area contributed by atoms with E-state index in [0.717, 1.165) is 4.57 Å². The number of carbonyl (C=O) groups is 1. The highest BCUT2D eigenvalue weighted by atomic mass is 16.6. The molecule has 106 valence electrons. The van der Waals surface area contributed by atoms with Crippen LogP contribution in [-0.4, -0.2) is 44.4 Å². The number of aromatic nitrogens is 1. The number of carbonyl (C=O) groups excluding carboxylic acids is 1. The zero-order valence-electron chi connectivity index (χ0n) is 10.8. The van der Waals surface area contributed by atoms with Crippen molar-refractivity contribution in [1.82, 2.24) is 9.88 Å². The first kappa shape index (κ1) is 15.1. The van der Waals surface area contributed by atoms with Gasteiger partial charge in [0.15, 0.2) is 5.69 Å². The van der Waals surface area contributed by atoms with Gasteiger partial charge in [0.1, 0.15) is 0 Å². The second-order valence-electron chi connectivity index (χ2n) is 4.30. The number of hydrogen-bond acceptors (Lipinski definition) is 5. The zero-order chi connectivity index (χ0) is 14.6. The Morgan fingerprint density at radius 1 is 1.47 bits per heavy atom. The maximum Gasteiger partial charge on any atom is 0.323 e. The molecule has 1 aromatic rings. The van der Waals surface area contributed by atoms with Crippen LogP contribution in [0.1, 0.15) is 23.8 Å². The molecule has 0 saturated carbocycles. The molecule has 0 spiro atoms. The summed E-state index contributed by atoms with van der Waals surface area (Å²) < 4.78 is 1.14. The van der Waals surface area contributed by atoms with Crippen molar-refractivity contribution >= 4 is 11.7 Å². The lowest BCUT2D eigenvalue weighted by molar-refractivity contribution is -0.391. The van der Waals surface area contributed by atoms with Crippen LogP contribution in [0.5, 0.6) is 0 Å². The first-order valence-electron chi connectivity index (χ1n) is 5.75. The van der Waals surface area contributed by atoms with Gasteiger partial charge in [-0.3, -0.25) is 4.79 Å². The fraction of sp³-hybridized carbons (Fsp3) is 0.545. The highest BCUT2D eigenvalue weighted by Crippen LogP contribution is 2.16. The van der Waals surface area contributed by atoms with Crippen molar-refractivity contribution in [2.45, 2.75) is 18.9 Å². The molecule has 19 heavy (non-hydrogen) atoms. The van der Waals surface area contributed by atoms with E-state index in [1.165, 1.54) is 19.2 Å². The molecule has 0 unspecified atom stereocenters. The molecule has 0 fully saturated rings. The first-order chi connectivity index (χ1) is 8.90. The van der Waals surface area contributed by atoms with Crippen LogP contribution in [0.2, 0.25) is 0 Å². The normalized spacial score (nSPS) is 11.4. The van der Waals surface area contributed by atoms with Gasteiger partial charge < -0.3 is 25.6 Å². The molecule has 1 amide bonds. The number of nitro groups is 1. The minimum Gasteiger partial charge on any atom is -0.394 e. The molecule has 0 atom stereocenters. The molecule has 8 nitrogen and oxygen atoms in total. The molecule has 0 aliphatic heterocycles. The molecule has 0 aromatic carbocycles. The molecule has 0 radical (unpaired) electrons. The van der Waals surface area contributed by atoms with E-state index >= 15 is 0 Å². The Morgan fingerprint density at radius 2 is 2.05 bits per heavy atom. The summed E-state index contributed by atoms with van der Waals surface area (Å²) in [5.74, 6) is -0.791. The van der Waals surface area contributed by atoms with Gasteiger partial charge in [0.25, 0.3) is 5.91 Å². The van der Waals surface area contributed by atoms with Gasteiger partial charge in [-0.1, -0.05) is 6.92 Å². The molecular formula is C11H17N3O5. The van der Waals surface area contributed by atoms with Crippen LogP contribution >= 0.6 is 0 Å². The smallest absolute Gasteiger partial charge is 0.323 e. The van der Waals surface area contributed by atoms with Crippen molar-refractivity contribution < 1.29 is 19.9 Å². The van der Waals surface area contributed by atoms with Crippen LogP contribution in [0, 0.1) is 10.1 Å². The first-order valence-corrected chi connectivity index (χ1v) is 5.75. The third kappa shape index (κ3) is 2.91. The summed E-state index contributed by atoms with van der Waals surface area (Å²) in [5.41, 5.74) is -1.04. The molecule has 1 rings (SSSR count). The Hall–Kier alpha value is -1.93. The summed E-state index contributed by atoms with van der Waals surface area (Å²) in [5, 5.41) is 31.7. The van der Waals surface area contributed by atoms with Crippen molar-refractivity contribution in [1.29, 1.82) is 0 Å². The van der Waals surface area contributed by atoms with E-state index < -0.39 is 29.6 Å². The Morgan fingerprint density at radius 3 is 2.42 bits per heavy atom. The van der Waals surface area contributed by atoms with Crippen molar-refractivity contribution in [3.05, 3.63) is 27.9 Å². The van der Waals surface area contributed by atoms with Crippen LogP contribution in [0.4, 0.5) is 5.82 Å². The van der Waals surface area contributed by atoms with Gasteiger partial charge in [-0.05, 0) is 17.4 Å². The number of aliphatic hydroxyl groups is 2. The molecule has 3 N–H and O–H groups in total. The van der Waals surface area contributed by atoms with E-state index in [-0.39, 0.29) is 11.5 Å². The lowest BCUT2D eigenvalue weighted by Crippen LogP contribution is -2.54. The molecule has 1 heterocycles.